The molecule has 2 aromatic heterocycles. The second-order valence-electron chi connectivity index (χ2n) is 5.02. The van der Waals surface area contributed by atoms with E-state index in [9.17, 15) is 9.59 Å². The number of aromatic nitrogens is 4. The molecular formula is C16H15N5O2S2. The third-order valence-electron chi connectivity index (χ3n) is 3.43. The zero-order valence-corrected chi connectivity index (χ0v) is 15.2. The van der Waals surface area contributed by atoms with Crippen molar-refractivity contribution in [1.82, 2.24) is 20.0 Å². The third kappa shape index (κ3) is 3.94. The number of nitrogens with zero attached hydrogens (tertiary/aromatic N) is 4. The van der Waals surface area contributed by atoms with Crippen molar-refractivity contribution in [3.8, 4) is 5.69 Å². The quantitative estimate of drug-likeness (QED) is 0.546. The molecule has 3 rings (SSSR count). The van der Waals surface area contributed by atoms with Crippen molar-refractivity contribution in [2.45, 2.75) is 17.7 Å². The van der Waals surface area contributed by atoms with Crippen LogP contribution >= 0.6 is 23.1 Å². The largest absolute Gasteiger partial charge is 0.295 e. The van der Waals surface area contributed by atoms with Crippen LogP contribution in [0.3, 0.4) is 0 Å². The van der Waals surface area contributed by atoms with Gasteiger partial charge in [-0.2, -0.15) is 5.10 Å². The van der Waals surface area contributed by atoms with Gasteiger partial charge in [-0.25, -0.2) is 4.68 Å². The summed E-state index contributed by atoms with van der Waals surface area (Å²) in [5.41, 5.74) is 1.33. The van der Waals surface area contributed by atoms with Gasteiger partial charge in [-0.1, -0.05) is 42.2 Å². The molecule has 1 aromatic carbocycles. The monoisotopic (exact) mass is 373 g/mol. The number of hydrogen-bond acceptors (Lipinski definition) is 7. The molecule has 128 valence electrons. The Balaban J connectivity index is 1.87. The highest BCUT2D eigenvalue weighted by Gasteiger charge is 2.16. The lowest BCUT2D eigenvalue weighted by molar-refractivity contribution is 0.101. The minimum absolute atomic E-state index is 0.192. The van der Waals surface area contributed by atoms with Crippen LogP contribution in [-0.2, 0) is 6.42 Å². The Bertz CT molecular complexity index is 950. The van der Waals surface area contributed by atoms with Gasteiger partial charge >= 0.3 is 0 Å². The minimum atomic E-state index is -0.603. The number of carbonyl (C=O) groups excluding carboxylic acids is 1. The first-order valence-corrected chi connectivity index (χ1v) is 9.53. The Hall–Kier alpha value is -2.52. The van der Waals surface area contributed by atoms with Crippen LogP contribution in [0.5, 0.6) is 0 Å². The van der Waals surface area contributed by atoms with E-state index in [0.717, 1.165) is 16.4 Å². The van der Waals surface area contributed by atoms with Crippen molar-refractivity contribution in [3.63, 3.8) is 0 Å². The number of anilines is 1. The van der Waals surface area contributed by atoms with E-state index >= 15 is 0 Å². The fourth-order valence-electron chi connectivity index (χ4n) is 2.09. The molecule has 2 heterocycles. The van der Waals surface area contributed by atoms with Crippen molar-refractivity contribution >= 4 is 34.1 Å². The van der Waals surface area contributed by atoms with Gasteiger partial charge in [-0.3, -0.25) is 14.9 Å². The van der Waals surface area contributed by atoms with E-state index in [2.05, 4.69) is 27.5 Å². The lowest BCUT2D eigenvalue weighted by Gasteiger charge is -2.07. The number of thioether (sulfide) groups is 1. The highest BCUT2D eigenvalue weighted by Crippen LogP contribution is 2.23. The standard InChI is InChI=1S/C16H15N5O2S2/c1-3-10-4-6-11(7-5-10)21-9-8-12(22)13(20-21)14(23)17-15-18-19-16(24-2)25-15/h4-9H,3H2,1-2H3,(H,17,18,23). The fourth-order valence-corrected chi connectivity index (χ4v) is 3.26. The summed E-state index contributed by atoms with van der Waals surface area (Å²) >= 11 is 2.67. The molecule has 0 saturated heterocycles. The van der Waals surface area contributed by atoms with Gasteiger partial charge in [-0.05, 0) is 30.4 Å². The average Bonchev–Trinajstić information content (AvgIpc) is 3.09. The summed E-state index contributed by atoms with van der Waals surface area (Å²) in [4.78, 5) is 24.4. The van der Waals surface area contributed by atoms with E-state index in [1.165, 1.54) is 45.6 Å². The Morgan fingerprint density at radius 3 is 2.64 bits per heavy atom. The predicted molar refractivity (Wildman–Crippen MR) is 98.9 cm³/mol. The topological polar surface area (TPSA) is 89.8 Å². The first kappa shape index (κ1) is 17.3. The molecule has 0 aliphatic carbocycles. The molecule has 1 N–H and O–H groups in total. The summed E-state index contributed by atoms with van der Waals surface area (Å²) in [6.45, 7) is 2.07. The molecule has 0 aliphatic heterocycles. The van der Waals surface area contributed by atoms with Gasteiger partial charge in [0.15, 0.2) is 10.0 Å². The van der Waals surface area contributed by atoms with E-state index in [0.29, 0.717) is 5.13 Å². The van der Waals surface area contributed by atoms with Crippen LogP contribution in [0.4, 0.5) is 5.13 Å². The molecule has 25 heavy (non-hydrogen) atoms. The number of rotatable bonds is 5. The Kier molecular flexibility index (Phi) is 5.25. The normalized spacial score (nSPS) is 10.6. The van der Waals surface area contributed by atoms with Crippen LogP contribution in [0.25, 0.3) is 5.69 Å². The molecule has 3 aromatic rings. The van der Waals surface area contributed by atoms with Gasteiger partial charge in [0.1, 0.15) is 0 Å². The molecule has 0 aliphatic rings. The van der Waals surface area contributed by atoms with Crippen LogP contribution in [0.2, 0.25) is 0 Å². The molecule has 0 radical (unpaired) electrons. The smallest absolute Gasteiger partial charge is 0.282 e. The van der Waals surface area contributed by atoms with Crippen molar-refractivity contribution in [3.05, 3.63) is 58.0 Å². The van der Waals surface area contributed by atoms with E-state index in [4.69, 9.17) is 0 Å². The molecule has 1 amide bonds. The van der Waals surface area contributed by atoms with Gasteiger partial charge in [0.25, 0.3) is 5.91 Å². The highest BCUT2D eigenvalue weighted by atomic mass is 32.2. The summed E-state index contributed by atoms with van der Waals surface area (Å²) in [5.74, 6) is -0.603. The van der Waals surface area contributed by atoms with Crippen LogP contribution in [-0.4, -0.2) is 32.1 Å². The first-order valence-electron chi connectivity index (χ1n) is 7.49. The van der Waals surface area contributed by atoms with Crippen molar-refractivity contribution in [2.24, 2.45) is 0 Å². The number of aryl methyl sites for hydroxylation is 1. The zero-order valence-electron chi connectivity index (χ0n) is 13.6. The number of hydrogen-bond donors (Lipinski definition) is 1. The number of nitrogens with one attached hydrogen (secondary N) is 1. The SMILES string of the molecule is CCc1ccc(-n2ccc(=O)c(C(=O)Nc3nnc(SC)s3)n2)cc1. The molecular weight excluding hydrogens is 358 g/mol. The Morgan fingerprint density at radius 1 is 1.24 bits per heavy atom. The second kappa shape index (κ2) is 7.58. The van der Waals surface area contributed by atoms with Gasteiger partial charge in [0, 0.05) is 12.3 Å². The van der Waals surface area contributed by atoms with Gasteiger partial charge < -0.3 is 0 Å². The predicted octanol–water partition coefficient (Wildman–Crippen LogP) is 2.62. The van der Waals surface area contributed by atoms with E-state index in [-0.39, 0.29) is 5.69 Å². The van der Waals surface area contributed by atoms with Gasteiger partial charge in [-0.15, -0.1) is 10.2 Å². The van der Waals surface area contributed by atoms with E-state index < -0.39 is 11.3 Å². The van der Waals surface area contributed by atoms with Crippen LogP contribution in [0.1, 0.15) is 23.0 Å². The van der Waals surface area contributed by atoms with Crippen LogP contribution in [0.15, 0.2) is 45.7 Å². The minimum Gasteiger partial charge on any atom is -0.295 e. The summed E-state index contributed by atoms with van der Waals surface area (Å²) in [6, 6.07) is 9.09. The van der Waals surface area contributed by atoms with Crippen LogP contribution in [0, 0.1) is 0 Å². The summed E-state index contributed by atoms with van der Waals surface area (Å²) in [7, 11) is 0. The first-order chi connectivity index (χ1) is 12.1. The lowest BCUT2D eigenvalue weighted by atomic mass is 10.1. The molecule has 0 atom stereocenters. The maximum Gasteiger partial charge on any atom is 0.282 e. The molecule has 0 fully saturated rings. The molecule has 0 spiro atoms. The van der Waals surface area contributed by atoms with E-state index in [1.807, 2.05) is 30.5 Å². The van der Waals surface area contributed by atoms with Gasteiger partial charge in [0.2, 0.25) is 10.6 Å². The maximum atomic E-state index is 12.4. The maximum absolute atomic E-state index is 12.4. The fraction of sp³-hybridized carbons (Fsp3) is 0.188. The van der Waals surface area contributed by atoms with Gasteiger partial charge in [0.05, 0.1) is 5.69 Å². The summed E-state index contributed by atoms with van der Waals surface area (Å²) in [5, 5.41) is 14.8. The lowest BCUT2D eigenvalue weighted by Crippen LogP contribution is -2.25. The molecule has 0 saturated carbocycles. The van der Waals surface area contributed by atoms with Crippen molar-refractivity contribution < 1.29 is 4.79 Å². The number of carbonyl (C=O) groups is 1. The number of benzene rings is 1. The molecule has 7 nitrogen and oxygen atoms in total. The molecule has 0 bridgehead atoms. The van der Waals surface area contributed by atoms with Crippen molar-refractivity contribution in [1.29, 1.82) is 0 Å². The Morgan fingerprint density at radius 2 is 2.00 bits per heavy atom. The molecule has 9 heteroatoms. The third-order valence-corrected chi connectivity index (χ3v) is 5.25. The zero-order chi connectivity index (χ0) is 17.8. The summed E-state index contributed by atoms with van der Waals surface area (Å²) in [6.07, 6.45) is 4.34. The molecule has 0 unspecified atom stereocenters. The second-order valence-corrected chi connectivity index (χ2v) is 7.06. The van der Waals surface area contributed by atoms with Crippen molar-refractivity contribution in [2.75, 3.05) is 11.6 Å². The average molecular weight is 373 g/mol. The van der Waals surface area contributed by atoms with Crippen LogP contribution < -0.4 is 10.7 Å². The number of amides is 1. The Labute approximate surface area is 152 Å². The highest BCUT2D eigenvalue weighted by molar-refractivity contribution is 8.00. The summed E-state index contributed by atoms with van der Waals surface area (Å²) < 4.78 is 2.23. The van der Waals surface area contributed by atoms with E-state index in [1.54, 1.807) is 0 Å².